The average molecular weight is 356 g/mol. The highest BCUT2D eigenvalue weighted by molar-refractivity contribution is 5.96. The van der Waals surface area contributed by atoms with Crippen LogP contribution in [0.5, 0.6) is 0 Å². The lowest BCUT2D eigenvalue weighted by molar-refractivity contribution is 0.00841. The number of amides is 1. The fourth-order valence-corrected chi connectivity index (χ4v) is 3.49. The number of nitrogens with zero attached hydrogens (tertiary/aromatic N) is 3. The Hall–Kier alpha value is -2.18. The number of rotatable bonds is 6. The largest absolute Gasteiger partial charge is 0.378 e. The minimum atomic E-state index is 0.0718. The number of carbonyl (C=O) groups is 1. The lowest BCUT2D eigenvalue weighted by Crippen LogP contribution is -2.41. The number of aromatic nitrogens is 2. The molecule has 0 atom stereocenters. The summed E-state index contributed by atoms with van der Waals surface area (Å²) in [5.41, 5.74) is 8.86. The van der Waals surface area contributed by atoms with Gasteiger partial charge in [0.2, 0.25) is 0 Å². The molecule has 6 heteroatoms. The molecule has 2 N–H and O–H groups in total. The van der Waals surface area contributed by atoms with Crippen LogP contribution in [0.15, 0.2) is 30.3 Å². The quantitative estimate of drug-likeness (QED) is 0.807. The molecule has 0 saturated carbocycles. The van der Waals surface area contributed by atoms with E-state index in [2.05, 4.69) is 5.10 Å². The predicted octanol–water partition coefficient (Wildman–Crippen LogP) is 2.46. The van der Waals surface area contributed by atoms with Gasteiger partial charge in [-0.3, -0.25) is 4.79 Å². The molecule has 1 aliphatic rings. The van der Waals surface area contributed by atoms with Crippen molar-refractivity contribution >= 4 is 5.91 Å². The van der Waals surface area contributed by atoms with Crippen LogP contribution in [0.2, 0.25) is 0 Å². The maximum atomic E-state index is 13.1. The van der Waals surface area contributed by atoms with Gasteiger partial charge in [0.05, 0.1) is 28.7 Å². The third kappa shape index (κ3) is 3.97. The fourth-order valence-electron chi connectivity index (χ4n) is 3.49. The van der Waals surface area contributed by atoms with Gasteiger partial charge in [-0.15, -0.1) is 0 Å². The van der Waals surface area contributed by atoms with Gasteiger partial charge in [-0.1, -0.05) is 18.2 Å². The maximum absolute atomic E-state index is 13.1. The predicted molar refractivity (Wildman–Crippen MR) is 102 cm³/mol. The molecule has 1 aromatic heterocycles. The molecule has 1 fully saturated rings. The Balaban J connectivity index is 1.69. The summed E-state index contributed by atoms with van der Waals surface area (Å²) in [5, 5.41) is 4.59. The van der Waals surface area contributed by atoms with Gasteiger partial charge in [0.1, 0.15) is 0 Å². The van der Waals surface area contributed by atoms with Gasteiger partial charge in [0.25, 0.3) is 5.91 Å². The van der Waals surface area contributed by atoms with E-state index in [0.29, 0.717) is 13.2 Å². The van der Waals surface area contributed by atoms with Crippen LogP contribution in [0, 0.1) is 13.8 Å². The van der Waals surface area contributed by atoms with Crippen LogP contribution in [0.4, 0.5) is 0 Å². The molecule has 3 rings (SSSR count). The van der Waals surface area contributed by atoms with Crippen molar-refractivity contribution in [2.75, 3.05) is 26.2 Å². The van der Waals surface area contributed by atoms with Crippen LogP contribution in [-0.2, 0) is 4.74 Å². The molecular formula is C20H28N4O2. The number of aryl methyl sites for hydroxylation is 1. The van der Waals surface area contributed by atoms with E-state index < -0.39 is 0 Å². The minimum absolute atomic E-state index is 0.0718. The molecule has 0 spiro atoms. The highest BCUT2D eigenvalue weighted by Crippen LogP contribution is 2.22. The Morgan fingerprint density at radius 3 is 2.58 bits per heavy atom. The van der Waals surface area contributed by atoms with Crippen LogP contribution in [0.3, 0.4) is 0 Å². The van der Waals surface area contributed by atoms with Gasteiger partial charge < -0.3 is 15.4 Å². The number of hydrogen-bond donors (Lipinski definition) is 1. The van der Waals surface area contributed by atoms with Gasteiger partial charge in [-0.2, -0.15) is 5.10 Å². The summed E-state index contributed by atoms with van der Waals surface area (Å²) in [7, 11) is 0. The molecule has 26 heavy (non-hydrogen) atoms. The molecule has 140 valence electrons. The van der Waals surface area contributed by atoms with Gasteiger partial charge in [-0.25, -0.2) is 4.68 Å². The van der Waals surface area contributed by atoms with E-state index in [1.165, 1.54) is 0 Å². The number of ether oxygens (including phenoxy) is 1. The van der Waals surface area contributed by atoms with E-state index in [0.717, 1.165) is 55.0 Å². The Kier molecular flexibility index (Phi) is 6.06. The highest BCUT2D eigenvalue weighted by atomic mass is 16.5. The summed E-state index contributed by atoms with van der Waals surface area (Å²) < 4.78 is 7.68. The molecule has 1 amide bonds. The smallest absolute Gasteiger partial charge is 0.257 e. The van der Waals surface area contributed by atoms with Gasteiger partial charge >= 0.3 is 0 Å². The van der Waals surface area contributed by atoms with Crippen molar-refractivity contribution in [1.82, 2.24) is 14.7 Å². The molecule has 0 bridgehead atoms. The Bertz CT molecular complexity index is 734. The fraction of sp³-hybridized carbons (Fsp3) is 0.500. The van der Waals surface area contributed by atoms with E-state index in [9.17, 15) is 4.79 Å². The molecular weight excluding hydrogens is 328 g/mol. The summed E-state index contributed by atoms with van der Waals surface area (Å²) in [6, 6.07) is 9.92. The second-order valence-corrected chi connectivity index (χ2v) is 6.80. The van der Waals surface area contributed by atoms with Crippen molar-refractivity contribution in [2.24, 2.45) is 5.73 Å². The first-order valence-corrected chi connectivity index (χ1v) is 9.34. The van der Waals surface area contributed by atoms with E-state index in [4.69, 9.17) is 10.5 Å². The van der Waals surface area contributed by atoms with Crippen molar-refractivity contribution in [3.63, 3.8) is 0 Å². The number of carbonyl (C=O) groups excluding carboxylic acids is 1. The standard InChI is InChI=1S/C20H28N4O2/c1-15-19(16(2)24(22-15)17-7-4-3-5-8-17)20(25)23-12-9-18(10-13-23)26-14-6-11-21/h3-5,7-8,18H,6,9-14,21H2,1-2H3. The lowest BCUT2D eigenvalue weighted by atomic mass is 10.1. The topological polar surface area (TPSA) is 73.4 Å². The molecule has 2 aromatic rings. The van der Waals surface area contributed by atoms with Gasteiger partial charge in [-0.05, 0) is 51.8 Å². The van der Waals surface area contributed by atoms with Crippen LogP contribution >= 0.6 is 0 Å². The molecule has 1 saturated heterocycles. The average Bonchev–Trinajstić information content (AvgIpc) is 2.97. The first-order chi connectivity index (χ1) is 12.6. The lowest BCUT2D eigenvalue weighted by Gasteiger charge is -2.32. The number of nitrogens with two attached hydrogens (primary N) is 1. The zero-order chi connectivity index (χ0) is 18.5. The zero-order valence-corrected chi connectivity index (χ0v) is 15.6. The van der Waals surface area contributed by atoms with Crippen molar-refractivity contribution in [3.05, 3.63) is 47.3 Å². The summed E-state index contributed by atoms with van der Waals surface area (Å²) in [4.78, 5) is 15.0. The van der Waals surface area contributed by atoms with Crippen molar-refractivity contribution < 1.29 is 9.53 Å². The van der Waals surface area contributed by atoms with E-state index in [1.54, 1.807) is 0 Å². The van der Waals surface area contributed by atoms with E-state index >= 15 is 0 Å². The van der Waals surface area contributed by atoms with Crippen LogP contribution in [0.25, 0.3) is 5.69 Å². The normalized spacial score (nSPS) is 15.4. The molecule has 0 aliphatic carbocycles. The van der Waals surface area contributed by atoms with Crippen LogP contribution in [0.1, 0.15) is 41.0 Å². The van der Waals surface area contributed by atoms with Gasteiger partial charge in [0, 0.05) is 19.7 Å². The Labute approximate surface area is 154 Å². The van der Waals surface area contributed by atoms with E-state index in [-0.39, 0.29) is 12.0 Å². The summed E-state index contributed by atoms with van der Waals surface area (Å²) in [6.45, 7) is 6.67. The number of piperidine rings is 1. The second-order valence-electron chi connectivity index (χ2n) is 6.80. The first kappa shape index (κ1) is 18.6. The monoisotopic (exact) mass is 356 g/mol. The zero-order valence-electron chi connectivity index (χ0n) is 15.6. The van der Waals surface area contributed by atoms with Crippen LogP contribution in [-0.4, -0.2) is 52.9 Å². The molecule has 1 aromatic carbocycles. The van der Waals surface area contributed by atoms with Crippen LogP contribution < -0.4 is 5.73 Å². The summed E-state index contributed by atoms with van der Waals surface area (Å²) in [5.74, 6) is 0.0718. The molecule has 1 aliphatic heterocycles. The SMILES string of the molecule is Cc1nn(-c2ccccc2)c(C)c1C(=O)N1CCC(OCCCN)CC1. The number of para-hydroxylation sites is 1. The summed E-state index contributed by atoms with van der Waals surface area (Å²) >= 11 is 0. The maximum Gasteiger partial charge on any atom is 0.257 e. The third-order valence-corrected chi connectivity index (χ3v) is 4.94. The number of likely N-dealkylation sites (tertiary alicyclic amines) is 1. The highest BCUT2D eigenvalue weighted by Gasteiger charge is 2.28. The van der Waals surface area contributed by atoms with E-state index in [1.807, 2.05) is 53.8 Å². The summed E-state index contributed by atoms with van der Waals surface area (Å²) in [6.07, 6.45) is 2.87. The Morgan fingerprint density at radius 2 is 1.92 bits per heavy atom. The van der Waals surface area contributed by atoms with Gasteiger partial charge in [0.15, 0.2) is 0 Å². The Morgan fingerprint density at radius 1 is 1.23 bits per heavy atom. The molecule has 0 radical (unpaired) electrons. The number of benzene rings is 1. The molecule has 6 nitrogen and oxygen atoms in total. The first-order valence-electron chi connectivity index (χ1n) is 9.34. The number of hydrogen-bond acceptors (Lipinski definition) is 4. The molecule has 0 unspecified atom stereocenters. The van der Waals surface area contributed by atoms with Crippen molar-refractivity contribution in [1.29, 1.82) is 0 Å². The van der Waals surface area contributed by atoms with Crippen molar-refractivity contribution in [3.8, 4) is 5.69 Å². The minimum Gasteiger partial charge on any atom is -0.378 e. The van der Waals surface area contributed by atoms with Crippen molar-refractivity contribution in [2.45, 2.75) is 39.2 Å². The third-order valence-electron chi connectivity index (χ3n) is 4.94. The second kappa shape index (κ2) is 8.47. The molecule has 2 heterocycles.